The van der Waals surface area contributed by atoms with E-state index in [1.165, 1.54) is 25.7 Å². The van der Waals surface area contributed by atoms with E-state index in [1.54, 1.807) is 18.2 Å². The zero-order valence-electron chi connectivity index (χ0n) is 15.1. The minimum absolute atomic E-state index is 0.0384. The number of benzene rings is 1. The lowest BCUT2D eigenvalue weighted by molar-refractivity contribution is -0.125. The number of nitrogens with one attached hydrogen (secondary N) is 2. The van der Waals surface area contributed by atoms with Crippen LogP contribution in [0.15, 0.2) is 18.2 Å². The molecule has 0 saturated heterocycles. The molecule has 138 valence electrons. The first kappa shape index (κ1) is 19.7. The standard InChI is InChI=1S/C19H28ClN3O2/c1-14-16(20)10-7-11-17(14)22-18(24)12-21-19(25)13-23(2)15-8-5-3-4-6-9-15/h7,10-11,15H,3-6,8-9,12-13H2,1-2H3,(H,21,25)(H,22,24). The van der Waals surface area contributed by atoms with E-state index in [0.29, 0.717) is 23.3 Å². The maximum absolute atomic E-state index is 12.1. The Morgan fingerprint density at radius 1 is 1.16 bits per heavy atom. The summed E-state index contributed by atoms with van der Waals surface area (Å²) in [7, 11) is 1.99. The number of rotatable bonds is 6. The molecule has 0 spiro atoms. The lowest BCUT2D eigenvalue weighted by Crippen LogP contribution is -2.42. The van der Waals surface area contributed by atoms with Crippen LogP contribution in [0.2, 0.25) is 5.02 Å². The number of nitrogens with zero attached hydrogens (tertiary/aromatic N) is 1. The summed E-state index contributed by atoms with van der Waals surface area (Å²) < 4.78 is 0. The topological polar surface area (TPSA) is 61.4 Å². The van der Waals surface area contributed by atoms with E-state index in [0.717, 1.165) is 18.4 Å². The van der Waals surface area contributed by atoms with Crippen molar-refractivity contribution in [1.82, 2.24) is 10.2 Å². The number of likely N-dealkylation sites (N-methyl/N-ethyl adjacent to an activating group) is 1. The number of anilines is 1. The molecule has 0 unspecified atom stereocenters. The smallest absolute Gasteiger partial charge is 0.243 e. The van der Waals surface area contributed by atoms with Gasteiger partial charge in [0.15, 0.2) is 0 Å². The third-order valence-corrected chi connectivity index (χ3v) is 5.24. The second-order valence-electron chi connectivity index (χ2n) is 6.80. The first-order chi connectivity index (χ1) is 12.0. The van der Waals surface area contributed by atoms with Crippen LogP contribution in [0.3, 0.4) is 0 Å². The van der Waals surface area contributed by atoms with Gasteiger partial charge in [0.2, 0.25) is 11.8 Å². The number of amides is 2. The molecule has 1 aliphatic rings. The Balaban J connectivity index is 1.75. The highest BCUT2D eigenvalue weighted by Crippen LogP contribution is 2.23. The molecular formula is C19H28ClN3O2. The van der Waals surface area contributed by atoms with E-state index in [2.05, 4.69) is 15.5 Å². The predicted octanol–water partition coefficient (Wildman–Crippen LogP) is 3.36. The van der Waals surface area contributed by atoms with Crippen molar-refractivity contribution in [2.45, 2.75) is 51.5 Å². The van der Waals surface area contributed by atoms with Gasteiger partial charge in [0, 0.05) is 16.8 Å². The van der Waals surface area contributed by atoms with Gasteiger partial charge >= 0.3 is 0 Å². The Morgan fingerprint density at radius 3 is 2.52 bits per heavy atom. The van der Waals surface area contributed by atoms with Crippen LogP contribution >= 0.6 is 11.6 Å². The quantitative estimate of drug-likeness (QED) is 0.760. The normalized spacial score (nSPS) is 15.7. The molecule has 1 aromatic carbocycles. The van der Waals surface area contributed by atoms with Gasteiger partial charge in [-0.2, -0.15) is 0 Å². The molecule has 0 radical (unpaired) electrons. The van der Waals surface area contributed by atoms with Crippen LogP contribution in [-0.4, -0.2) is 42.9 Å². The Kier molecular flexibility index (Phi) is 7.72. The Labute approximate surface area is 155 Å². The third kappa shape index (κ3) is 6.33. The van der Waals surface area contributed by atoms with Crippen LogP contribution < -0.4 is 10.6 Å². The molecule has 2 N–H and O–H groups in total. The molecule has 0 aliphatic heterocycles. The van der Waals surface area contributed by atoms with E-state index in [-0.39, 0.29) is 18.4 Å². The molecule has 0 heterocycles. The van der Waals surface area contributed by atoms with E-state index >= 15 is 0 Å². The molecule has 1 fully saturated rings. The van der Waals surface area contributed by atoms with Crippen molar-refractivity contribution in [2.24, 2.45) is 0 Å². The molecule has 0 atom stereocenters. The van der Waals surface area contributed by atoms with Gasteiger partial charge in [-0.15, -0.1) is 0 Å². The van der Waals surface area contributed by atoms with E-state index < -0.39 is 0 Å². The number of hydrogen-bond donors (Lipinski definition) is 2. The van der Waals surface area contributed by atoms with Gasteiger partial charge in [0.05, 0.1) is 13.1 Å². The fraction of sp³-hybridized carbons (Fsp3) is 0.579. The molecular weight excluding hydrogens is 338 g/mol. The molecule has 1 aromatic rings. The summed E-state index contributed by atoms with van der Waals surface area (Å²) in [4.78, 5) is 26.2. The molecule has 6 heteroatoms. The minimum Gasteiger partial charge on any atom is -0.346 e. The molecule has 0 aromatic heterocycles. The summed E-state index contributed by atoms with van der Waals surface area (Å²) in [5.41, 5.74) is 1.49. The van der Waals surface area contributed by atoms with E-state index in [4.69, 9.17) is 11.6 Å². The molecule has 0 bridgehead atoms. The highest BCUT2D eigenvalue weighted by atomic mass is 35.5. The molecule has 1 aliphatic carbocycles. The average Bonchev–Trinajstić information content (AvgIpc) is 2.86. The second-order valence-corrected chi connectivity index (χ2v) is 7.21. The van der Waals surface area contributed by atoms with Gasteiger partial charge in [-0.05, 0) is 44.5 Å². The highest BCUT2D eigenvalue weighted by Gasteiger charge is 2.19. The van der Waals surface area contributed by atoms with Crippen LogP contribution in [0.5, 0.6) is 0 Å². The summed E-state index contributed by atoms with van der Waals surface area (Å²) in [5, 5.41) is 6.08. The van der Waals surface area contributed by atoms with E-state index in [9.17, 15) is 9.59 Å². The molecule has 2 amide bonds. The van der Waals surface area contributed by atoms with Gasteiger partial charge in [-0.1, -0.05) is 43.4 Å². The maximum atomic E-state index is 12.1. The number of hydrogen-bond acceptors (Lipinski definition) is 3. The summed E-state index contributed by atoms with van der Waals surface area (Å²) in [6, 6.07) is 5.82. The third-order valence-electron chi connectivity index (χ3n) is 4.83. The van der Waals surface area contributed by atoms with Crippen LogP contribution in [-0.2, 0) is 9.59 Å². The number of carbonyl (C=O) groups excluding carboxylic acids is 2. The number of carbonyl (C=O) groups is 2. The van der Waals surface area contributed by atoms with Crippen LogP contribution in [0.4, 0.5) is 5.69 Å². The molecule has 2 rings (SSSR count). The van der Waals surface area contributed by atoms with Crippen molar-refractivity contribution in [3.05, 3.63) is 28.8 Å². The second kappa shape index (κ2) is 9.78. The Hall–Kier alpha value is -1.59. The van der Waals surface area contributed by atoms with Gasteiger partial charge in [0.25, 0.3) is 0 Å². The van der Waals surface area contributed by atoms with Gasteiger partial charge < -0.3 is 10.6 Å². The largest absolute Gasteiger partial charge is 0.346 e. The van der Waals surface area contributed by atoms with Crippen molar-refractivity contribution in [2.75, 3.05) is 25.5 Å². The van der Waals surface area contributed by atoms with E-state index in [1.807, 2.05) is 14.0 Å². The lowest BCUT2D eigenvalue weighted by Gasteiger charge is -2.26. The van der Waals surface area contributed by atoms with Gasteiger partial charge in [-0.3, -0.25) is 14.5 Å². The van der Waals surface area contributed by atoms with Crippen molar-refractivity contribution in [3.63, 3.8) is 0 Å². The van der Waals surface area contributed by atoms with Crippen molar-refractivity contribution >= 4 is 29.1 Å². The first-order valence-electron chi connectivity index (χ1n) is 8.99. The fourth-order valence-corrected chi connectivity index (χ4v) is 3.40. The SMILES string of the molecule is Cc1c(Cl)cccc1NC(=O)CNC(=O)CN(C)C1CCCCCC1. The van der Waals surface area contributed by atoms with Crippen molar-refractivity contribution < 1.29 is 9.59 Å². The fourth-order valence-electron chi connectivity index (χ4n) is 3.23. The Morgan fingerprint density at radius 2 is 1.84 bits per heavy atom. The van der Waals surface area contributed by atoms with Crippen LogP contribution in [0.25, 0.3) is 0 Å². The van der Waals surface area contributed by atoms with Gasteiger partial charge in [-0.25, -0.2) is 0 Å². The van der Waals surface area contributed by atoms with Crippen LogP contribution in [0.1, 0.15) is 44.1 Å². The van der Waals surface area contributed by atoms with Crippen molar-refractivity contribution in [3.8, 4) is 0 Å². The summed E-state index contributed by atoms with van der Waals surface area (Å²) >= 11 is 6.04. The summed E-state index contributed by atoms with van der Waals surface area (Å²) in [6.45, 7) is 2.13. The molecule has 1 saturated carbocycles. The predicted molar refractivity (Wildman–Crippen MR) is 102 cm³/mol. The Bertz CT molecular complexity index is 598. The summed E-state index contributed by atoms with van der Waals surface area (Å²) in [6.07, 6.45) is 7.35. The maximum Gasteiger partial charge on any atom is 0.243 e. The van der Waals surface area contributed by atoms with Gasteiger partial charge in [0.1, 0.15) is 0 Å². The summed E-state index contributed by atoms with van der Waals surface area (Å²) in [5.74, 6) is -0.374. The minimum atomic E-state index is -0.254. The monoisotopic (exact) mass is 365 g/mol. The van der Waals surface area contributed by atoms with Crippen LogP contribution in [0, 0.1) is 6.92 Å². The zero-order valence-corrected chi connectivity index (χ0v) is 15.9. The molecule has 5 nitrogen and oxygen atoms in total. The lowest BCUT2D eigenvalue weighted by atomic mass is 10.1. The first-order valence-corrected chi connectivity index (χ1v) is 9.37. The van der Waals surface area contributed by atoms with Crippen molar-refractivity contribution in [1.29, 1.82) is 0 Å². The number of halogens is 1. The highest BCUT2D eigenvalue weighted by molar-refractivity contribution is 6.31. The zero-order chi connectivity index (χ0) is 18.2. The molecule has 25 heavy (non-hydrogen) atoms. The average molecular weight is 366 g/mol.